The maximum atomic E-state index is 11.2. The van der Waals surface area contributed by atoms with E-state index in [4.69, 9.17) is 7.49 Å². The number of fused-ring (bicyclic) bond motifs is 1. The van der Waals surface area contributed by atoms with Crippen LogP contribution >= 0.6 is 0 Å². The Hall–Kier alpha value is -1.45. The Morgan fingerprint density at radius 1 is 1.43 bits per heavy atom. The first kappa shape index (κ1) is 9.12. The van der Waals surface area contributed by atoms with Gasteiger partial charge in [-0.15, -0.1) is 0 Å². The Labute approximate surface area is 83.6 Å². The number of nitrogens with zero attached hydrogens (tertiary/aromatic N) is 1. The second-order valence-corrected chi connectivity index (χ2v) is 3.65. The minimum absolute atomic E-state index is 0.211. The van der Waals surface area contributed by atoms with E-state index in [1.807, 2.05) is 12.1 Å². The van der Waals surface area contributed by atoms with Crippen LogP contribution in [-0.4, -0.2) is 23.8 Å². The molecule has 14 heavy (non-hydrogen) atoms. The van der Waals surface area contributed by atoms with Crippen molar-refractivity contribution in [3.8, 4) is 0 Å². The van der Waals surface area contributed by atoms with Crippen LogP contribution in [0.4, 0.5) is 5.69 Å². The van der Waals surface area contributed by atoms with E-state index in [0.717, 1.165) is 5.69 Å². The summed E-state index contributed by atoms with van der Waals surface area (Å²) in [6.45, 7) is 4.10. The van der Waals surface area contributed by atoms with Crippen molar-refractivity contribution in [3.63, 3.8) is 0 Å². The fourth-order valence-electron chi connectivity index (χ4n) is 1.40. The Kier molecular flexibility index (Phi) is 1.99. The molecule has 0 aliphatic carbocycles. The molecule has 0 spiro atoms. The van der Waals surface area contributed by atoms with Gasteiger partial charge in [-0.2, -0.15) is 0 Å². The van der Waals surface area contributed by atoms with Crippen molar-refractivity contribution >= 4 is 24.5 Å². The van der Waals surface area contributed by atoms with Crippen LogP contribution in [0.15, 0.2) is 12.1 Å². The van der Waals surface area contributed by atoms with E-state index in [9.17, 15) is 4.79 Å². The fraction of sp³-hybridized carbons (Fsp3) is 0.300. The Balaban J connectivity index is 2.51. The third-order valence-corrected chi connectivity index (χ3v) is 2.26. The molecular formula is C10H10BN2O. The van der Waals surface area contributed by atoms with Gasteiger partial charge in [-0.05, 0) is 0 Å². The molecule has 0 atom stereocenters. The van der Waals surface area contributed by atoms with E-state index >= 15 is 0 Å². The zero-order valence-electron chi connectivity index (χ0n) is 8.16. The van der Waals surface area contributed by atoms with Crippen molar-refractivity contribution in [1.82, 2.24) is 4.98 Å². The summed E-state index contributed by atoms with van der Waals surface area (Å²) in [5.41, 5.74) is 2.45. The minimum atomic E-state index is -0.256. The van der Waals surface area contributed by atoms with E-state index in [1.54, 1.807) is 0 Å². The van der Waals surface area contributed by atoms with Crippen LogP contribution < -0.4 is 5.32 Å². The number of carbonyl (C=O) groups is 1. The number of rotatable bonds is 1. The van der Waals surface area contributed by atoms with Gasteiger partial charge in [0.05, 0.1) is 0 Å². The van der Waals surface area contributed by atoms with Crippen molar-refractivity contribution in [2.45, 2.75) is 19.8 Å². The Morgan fingerprint density at radius 2 is 2.14 bits per heavy atom. The standard InChI is InChI=1S/C10H10BN2O/c1-5(2)6-3-4-7-9(12-6)8(11)10(14)13-7/h3-5H,1-2H3,(H,13,14). The zero-order valence-corrected chi connectivity index (χ0v) is 8.16. The third-order valence-electron chi connectivity index (χ3n) is 2.26. The Bertz CT molecular complexity index is 426. The fourth-order valence-corrected chi connectivity index (χ4v) is 1.40. The second-order valence-electron chi connectivity index (χ2n) is 3.65. The summed E-state index contributed by atoms with van der Waals surface area (Å²) in [4.78, 5) is 15.5. The number of aromatic nitrogens is 1. The molecule has 1 amide bonds. The molecule has 3 nitrogen and oxygen atoms in total. The van der Waals surface area contributed by atoms with Crippen molar-refractivity contribution < 1.29 is 4.79 Å². The first-order valence-corrected chi connectivity index (χ1v) is 4.54. The van der Waals surface area contributed by atoms with E-state index in [2.05, 4.69) is 24.1 Å². The summed E-state index contributed by atoms with van der Waals surface area (Å²) in [6.07, 6.45) is 0. The van der Waals surface area contributed by atoms with Crippen LogP contribution in [0.3, 0.4) is 0 Å². The molecule has 0 unspecified atom stereocenters. The SMILES string of the molecule is [B]=C1C(=O)Nc2ccc(C(C)C)nc21. The molecule has 0 aromatic carbocycles. The topological polar surface area (TPSA) is 42.0 Å². The van der Waals surface area contributed by atoms with Gasteiger partial charge in [0.1, 0.15) is 0 Å². The summed E-state index contributed by atoms with van der Waals surface area (Å²) in [5.74, 6) is 0.0807. The Morgan fingerprint density at radius 3 is 2.79 bits per heavy atom. The van der Waals surface area contributed by atoms with Crippen molar-refractivity contribution in [1.29, 1.82) is 0 Å². The number of anilines is 1. The summed E-state index contributed by atoms with van der Waals surface area (Å²) in [5, 5.41) is 2.65. The first-order valence-electron chi connectivity index (χ1n) is 4.54. The normalized spacial score (nSPS) is 14.4. The van der Waals surface area contributed by atoms with Crippen molar-refractivity contribution in [2.24, 2.45) is 0 Å². The second kappa shape index (κ2) is 3.05. The van der Waals surface area contributed by atoms with Gasteiger partial charge >= 0.3 is 82.9 Å². The quantitative estimate of drug-likeness (QED) is 0.658. The summed E-state index contributed by atoms with van der Waals surface area (Å²) in [7, 11) is 5.60. The van der Waals surface area contributed by atoms with Gasteiger partial charge in [-0.25, -0.2) is 0 Å². The molecule has 4 heteroatoms. The van der Waals surface area contributed by atoms with Crippen LogP contribution in [0.25, 0.3) is 0 Å². The van der Waals surface area contributed by atoms with Crippen molar-refractivity contribution in [3.05, 3.63) is 23.5 Å². The summed E-state index contributed by atoms with van der Waals surface area (Å²) in [6, 6.07) is 3.75. The monoisotopic (exact) mass is 185 g/mol. The van der Waals surface area contributed by atoms with E-state index in [1.165, 1.54) is 0 Å². The molecule has 2 rings (SSSR count). The predicted molar refractivity (Wildman–Crippen MR) is 56.8 cm³/mol. The zero-order chi connectivity index (χ0) is 10.3. The number of nitrogens with one attached hydrogen (secondary N) is 1. The molecule has 0 bridgehead atoms. The molecule has 1 aromatic heterocycles. The third kappa shape index (κ3) is 1.27. The van der Waals surface area contributed by atoms with Gasteiger partial charge in [0.2, 0.25) is 0 Å². The van der Waals surface area contributed by atoms with E-state index in [-0.39, 0.29) is 11.4 Å². The van der Waals surface area contributed by atoms with Crippen LogP contribution in [0.1, 0.15) is 31.2 Å². The van der Waals surface area contributed by atoms with Gasteiger partial charge < -0.3 is 0 Å². The molecule has 1 aliphatic rings. The molecule has 2 heterocycles. The van der Waals surface area contributed by atoms with Gasteiger partial charge in [0.25, 0.3) is 0 Å². The number of pyridine rings is 1. The van der Waals surface area contributed by atoms with Gasteiger partial charge in [0, 0.05) is 0 Å². The number of amides is 1. The molecule has 1 aliphatic heterocycles. The molecule has 69 valence electrons. The van der Waals surface area contributed by atoms with Gasteiger partial charge in [-0.3, -0.25) is 0 Å². The molecule has 0 fully saturated rings. The van der Waals surface area contributed by atoms with E-state index < -0.39 is 0 Å². The molecule has 1 aromatic rings. The number of carbonyl (C=O) groups excluding carboxylic acids is 1. The molecule has 1 radical (unpaired) electrons. The van der Waals surface area contributed by atoms with Crippen LogP contribution in [0, 0.1) is 0 Å². The molecule has 0 saturated heterocycles. The van der Waals surface area contributed by atoms with Crippen LogP contribution in [0.5, 0.6) is 0 Å². The first-order chi connectivity index (χ1) is 6.59. The number of hydrogen-bond donors (Lipinski definition) is 1. The van der Waals surface area contributed by atoms with Gasteiger partial charge in [0.15, 0.2) is 0 Å². The predicted octanol–water partition coefficient (Wildman–Crippen LogP) is 0.846. The van der Waals surface area contributed by atoms with Gasteiger partial charge in [-0.1, -0.05) is 0 Å². The van der Waals surface area contributed by atoms with E-state index in [0.29, 0.717) is 17.3 Å². The van der Waals surface area contributed by atoms with Crippen LogP contribution in [0.2, 0.25) is 0 Å². The maximum absolute atomic E-state index is 11.2. The van der Waals surface area contributed by atoms with Crippen molar-refractivity contribution in [2.75, 3.05) is 5.32 Å². The average molecular weight is 185 g/mol. The number of hydrogen-bond acceptors (Lipinski definition) is 2. The van der Waals surface area contributed by atoms with Crippen LogP contribution in [-0.2, 0) is 4.79 Å². The summed E-state index contributed by atoms with van der Waals surface area (Å²) >= 11 is 0. The molecular weight excluding hydrogens is 175 g/mol. The average Bonchev–Trinajstić information content (AvgIpc) is 2.43. The molecule has 1 N–H and O–H groups in total. The summed E-state index contributed by atoms with van der Waals surface area (Å²) < 4.78 is 0. The molecule has 0 saturated carbocycles.